The van der Waals surface area contributed by atoms with Crippen LogP contribution in [0.3, 0.4) is 0 Å². The van der Waals surface area contributed by atoms with E-state index < -0.39 is 37.2 Å². The molecule has 1 heterocycles. The fraction of sp³-hybridized carbons (Fsp3) is 0.588. The van der Waals surface area contributed by atoms with Crippen LogP contribution in [0.25, 0.3) is 0 Å². The number of hydrogen-bond donors (Lipinski definition) is 2. The minimum absolute atomic E-state index is 0. The van der Waals surface area contributed by atoms with E-state index in [0.717, 1.165) is 44.0 Å². The lowest BCUT2D eigenvalue weighted by Crippen LogP contribution is -2.43. The predicted molar refractivity (Wildman–Crippen MR) is 97.8 cm³/mol. The van der Waals surface area contributed by atoms with Crippen LogP contribution in [0.1, 0.15) is 29.6 Å². The zero-order valence-electron chi connectivity index (χ0n) is 15.2. The molecule has 166 valence electrons. The van der Waals surface area contributed by atoms with Gasteiger partial charge in [0.05, 0.1) is 5.56 Å². The van der Waals surface area contributed by atoms with E-state index in [1.54, 1.807) is 0 Å². The number of amides is 1. The third kappa shape index (κ3) is 9.57. The molecule has 29 heavy (non-hydrogen) atoms. The summed E-state index contributed by atoms with van der Waals surface area (Å²) in [7, 11) is 0. The van der Waals surface area contributed by atoms with Gasteiger partial charge in [0.2, 0.25) is 0 Å². The largest absolute Gasteiger partial charge is 0.484 e. The quantitative estimate of drug-likeness (QED) is 0.562. The molecule has 1 fully saturated rings. The number of piperidine rings is 1. The van der Waals surface area contributed by atoms with E-state index in [2.05, 4.69) is 20.1 Å². The zero-order chi connectivity index (χ0) is 20.8. The van der Waals surface area contributed by atoms with Gasteiger partial charge in [-0.3, -0.25) is 4.79 Å². The minimum atomic E-state index is -4.63. The molecule has 2 rings (SSSR count). The van der Waals surface area contributed by atoms with Crippen molar-refractivity contribution in [3.8, 4) is 11.5 Å². The molecule has 0 saturated carbocycles. The topological polar surface area (TPSA) is 59.6 Å². The Hall–Kier alpha value is -1.69. The van der Waals surface area contributed by atoms with Gasteiger partial charge in [0.15, 0.2) is 13.2 Å². The lowest BCUT2D eigenvalue weighted by atomic mass is 10.0. The molecule has 1 atom stereocenters. The maximum Gasteiger partial charge on any atom is 0.422 e. The fourth-order valence-electron chi connectivity index (χ4n) is 2.64. The van der Waals surface area contributed by atoms with Crippen LogP contribution in [0.5, 0.6) is 11.5 Å². The Kier molecular flexibility index (Phi) is 9.53. The molecule has 1 aliphatic rings. The summed E-state index contributed by atoms with van der Waals surface area (Å²) in [6, 6.07) is 2.94. The van der Waals surface area contributed by atoms with E-state index in [9.17, 15) is 31.1 Å². The molecule has 1 aliphatic heterocycles. The number of hydrogen-bond acceptors (Lipinski definition) is 4. The van der Waals surface area contributed by atoms with Crippen LogP contribution >= 0.6 is 17.0 Å². The van der Waals surface area contributed by atoms with Gasteiger partial charge in [-0.25, -0.2) is 0 Å². The summed E-state index contributed by atoms with van der Waals surface area (Å²) in [6.45, 7) is -2.21. The lowest BCUT2D eigenvalue weighted by Gasteiger charge is -2.24. The standard InChI is InChI=1S/C17H20F6N2O3.BrH/c18-16(19,20)9-27-12-4-5-14(28-10-17(21,22)23)13(7-12)15(26)25-8-11-3-1-2-6-24-11;/h4-5,7,11,24H,1-3,6,8-10H2,(H,25,26);1H. The van der Waals surface area contributed by atoms with E-state index in [0.29, 0.717) is 0 Å². The van der Waals surface area contributed by atoms with Gasteiger partial charge in [0, 0.05) is 12.6 Å². The second-order valence-corrected chi connectivity index (χ2v) is 6.32. The molecular weight excluding hydrogens is 474 g/mol. The van der Waals surface area contributed by atoms with Crippen molar-refractivity contribution in [2.45, 2.75) is 37.7 Å². The van der Waals surface area contributed by atoms with E-state index >= 15 is 0 Å². The third-order valence-corrected chi connectivity index (χ3v) is 3.91. The van der Waals surface area contributed by atoms with Crippen LogP contribution in [-0.2, 0) is 0 Å². The summed E-state index contributed by atoms with van der Waals surface area (Å²) in [5.41, 5.74) is -0.334. The lowest BCUT2D eigenvalue weighted by molar-refractivity contribution is -0.154. The molecule has 0 bridgehead atoms. The summed E-state index contributed by atoms with van der Waals surface area (Å²) in [4.78, 5) is 12.4. The Morgan fingerprint density at radius 1 is 1.07 bits per heavy atom. The van der Waals surface area contributed by atoms with Gasteiger partial charge in [-0.1, -0.05) is 6.42 Å². The SMILES string of the molecule is Br.O=C(NCC1CCCCN1)c1cc(OCC(F)(F)F)ccc1OCC(F)(F)F. The number of carbonyl (C=O) groups is 1. The number of halogens is 7. The first-order valence-electron chi connectivity index (χ1n) is 8.58. The molecule has 1 unspecified atom stereocenters. The molecule has 1 aromatic carbocycles. The second kappa shape index (κ2) is 10.9. The van der Waals surface area contributed by atoms with Crippen molar-refractivity contribution in [3.05, 3.63) is 23.8 Å². The average molecular weight is 495 g/mol. The molecule has 0 aromatic heterocycles. The van der Waals surface area contributed by atoms with E-state index in [4.69, 9.17) is 0 Å². The van der Waals surface area contributed by atoms with Crippen LogP contribution in [0.2, 0.25) is 0 Å². The summed E-state index contributed by atoms with van der Waals surface area (Å²) in [6.07, 6.45) is -6.41. The van der Waals surface area contributed by atoms with Gasteiger partial charge in [0.1, 0.15) is 11.5 Å². The molecule has 0 aliphatic carbocycles. The summed E-state index contributed by atoms with van der Waals surface area (Å²) < 4.78 is 83.3. The van der Waals surface area contributed by atoms with Gasteiger partial charge in [-0.2, -0.15) is 26.3 Å². The van der Waals surface area contributed by atoms with Crippen molar-refractivity contribution in [1.29, 1.82) is 0 Å². The highest BCUT2D eigenvalue weighted by Crippen LogP contribution is 2.28. The van der Waals surface area contributed by atoms with Crippen molar-refractivity contribution in [2.75, 3.05) is 26.3 Å². The van der Waals surface area contributed by atoms with Crippen LogP contribution in [-0.4, -0.2) is 50.6 Å². The number of ether oxygens (including phenoxy) is 2. The first kappa shape index (κ1) is 25.3. The second-order valence-electron chi connectivity index (χ2n) is 6.32. The van der Waals surface area contributed by atoms with Crippen molar-refractivity contribution in [3.63, 3.8) is 0 Å². The highest BCUT2D eigenvalue weighted by atomic mass is 79.9. The summed E-state index contributed by atoms with van der Waals surface area (Å²) in [5.74, 6) is -1.47. The van der Waals surface area contributed by atoms with Crippen molar-refractivity contribution in [2.24, 2.45) is 0 Å². The van der Waals surface area contributed by atoms with Gasteiger partial charge in [0.25, 0.3) is 5.91 Å². The van der Waals surface area contributed by atoms with Crippen LogP contribution in [0.4, 0.5) is 26.3 Å². The molecule has 2 N–H and O–H groups in total. The number of rotatable bonds is 7. The number of benzene rings is 1. The number of nitrogens with one attached hydrogen (secondary N) is 2. The Balaban J connectivity index is 0.00000420. The molecule has 12 heteroatoms. The predicted octanol–water partition coefficient (Wildman–Crippen LogP) is 4.02. The smallest absolute Gasteiger partial charge is 0.422 e. The first-order valence-corrected chi connectivity index (χ1v) is 8.58. The molecule has 1 aromatic rings. The minimum Gasteiger partial charge on any atom is -0.484 e. The van der Waals surface area contributed by atoms with Gasteiger partial charge < -0.3 is 20.1 Å². The van der Waals surface area contributed by atoms with E-state index in [-0.39, 0.29) is 40.9 Å². The molecule has 0 radical (unpaired) electrons. The van der Waals surface area contributed by atoms with Gasteiger partial charge in [-0.15, -0.1) is 17.0 Å². The Morgan fingerprint density at radius 2 is 1.72 bits per heavy atom. The maximum absolute atomic E-state index is 12.4. The van der Waals surface area contributed by atoms with Crippen LogP contribution in [0, 0.1) is 0 Å². The van der Waals surface area contributed by atoms with E-state index in [1.807, 2.05) is 0 Å². The molecule has 1 amide bonds. The highest BCUT2D eigenvalue weighted by molar-refractivity contribution is 8.93. The zero-order valence-corrected chi connectivity index (χ0v) is 16.9. The van der Waals surface area contributed by atoms with Crippen LogP contribution in [0.15, 0.2) is 18.2 Å². The third-order valence-electron chi connectivity index (χ3n) is 3.91. The van der Waals surface area contributed by atoms with Crippen molar-refractivity contribution in [1.82, 2.24) is 10.6 Å². The van der Waals surface area contributed by atoms with Crippen molar-refractivity contribution >= 4 is 22.9 Å². The molecule has 0 spiro atoms. The molecular formula is C17H21BrF6N2O3. The summed E-state index contributed by atoms with van der Waals surface area (Å²) >= 11 is 0. The Labute approximate surface area is 173 Å². The van der Waals surface area contributed by atoms with Crippen molar-refractivity contribution < 1.29 is 40.6 Å². The first-order chi connectivity index (χ1) is 13.0. The van der Waals surface area contributed by atoms with Gasteiger partial charge in [-0.05, 0) is 37.6 Å². The average Bonchev–Trinajstić information content (AvgIpc) is 2.62. The monoisotopic (exact) mass is 494 g/mol. The van der Waals surface area contributed by atoms with Gasteiger partial charge >= 0.3 is 12.4 Å². The Bertz CT molecular complexity index is 664. The molecule has 1 saturated heterocycles. The highest BCUT2D eigenvalue weighted by Gasteiger charge is 2.30. The Morgan fingerprint density at radius 3 is 2.31 bits per heavy atom. The van der Waals surface area contributed by atoms with Crippen LogP contribution < -0.4 is 20.1 Å². The number of alkyl halides is 6. The molecule has 5 nitrogen and oxygen atoms in total. The van der Waals surface area contributed by atoms with E-state index in [1.165, 1.54) is 0 Å². The summed E-state index contributed by atoms with van der Waals surface area (Å²) in [5, 5.41) is 5.75. The number of carbonyl (C=O) groups excluding carboxylic acids is 1. The maximum atomic E-state index is 12.4. The normalized spacial score (nSPS) is 17.2. The fourth-order valence-corrected chi connectivity index (χ4v) is 2.64.